The van der Waals surface area contributed by atoms with Gasteiger partial charge in [0.2, 0.25) is 17.7 Å². The molecule has 0 aromatic rings. The van der Waals surface area contributed by atoms with Crippen molar-refractivity contribution >= 4 is 54.9 Å². The molecule has 4 unspecified atom stereocenters. The van der Waals surface area contributed by atoms with Crippen LogP contribution in [0.15, 0.2) is 4.99 Å². The Morgan fingerprint density at radius 1 is 0.935 bits per heavy atom. The van der Waals surface area contributed by atoms with Gasteiger partial charge in [-0.05, 0) is 18.8 Å². The molecule has 0 aromatic carbocycles. The number of guanidine groups is 1. The molecule has 0 radical (unpaired) electrons. The molecule has 0 aliphatic rings. The van der Waals surface area contributed by atoms with Crippen LogP contribution in [0.5, 0.6) is 0 Å². The summed E-state index contributed by atoms with van der Waals surface area (Å²) >= 11 is 7.97. The van der Waals surface area contributed by atoms with Gasteiger partial charge >= 0.3 is 5.97 Å². The maximum Gasteiger partial charge on any atom is 0.327 e. The number of hydrogen-bond donors (Lipinski definition) is 9. The Morgan fingerprint density at radius 3 is 1.94 bits per heavy atom. The van der Waals surface area contributed by atoms with Crippen LogP contribution in [-0.4, -0.2) is 77.0 Å². The van der Waals surface area contributed by atoms with Gasteiger partial charge in [0.05, 0.1) is 6.04 Å². The lowest BCUT2D eigenvalue weighted by molar-refractivity contribution is -0.141. The van der Waals surface area contributed by atoms with Crippen molar-refractivity contribution in [3.8, 4) is 0 Å². The summed E-state index contributed by atoms with van der Waals surface area (Å²) in [6.45, 7) is 3.68. The van der Waals surface area contributed by atoms with E-state index in [2.05, 4.69) is 46.2 Å². The predicted octanol–water partition coefficient (Wildman–Crippen LogP) is -2.58. The first-order chi connectivity index (χ1) is 14.4. The van der Waals surface area contributed by atoms with Gasteiger partial charge in [-0.25, -0.2) is 4.79 Å². The number of nitrogens with one attached hydrogen (secondary N) is 3. The molecule has 0 spiro atoms. The molecule has 0 aliphatic heterocycles. The van der Waals surface area contributed by atoms with Gasteiger partial charge in [0, 0.05) is 18.1 Å². The fraction of sp³-hybridized carbons (Fsp3) is 0.706. The maximum absolute atomic E-state index is 12.6. The molecule has 14 heteroatoms. The van der Waals surface area contributed by atoms with E-state index >= 15 is 0 Å². The minimum Gasteiger partial charge on any atom is -0.480 e. The zero-order valence-corrected chi connectivity index (χ0v) is 19.4. The Kier molecular flexibility index (Phi) is 13.7. The standard InChI is InChI=1S/C17H33N7O5S2/c1-8(2)12(15(27)23-11(7-31)16(28)29)24-14(26)10(6-30)22-13(25)9(18)4-3-5-21-17(19)20/h8-12,30-31H,3-7,18H2,1-2H3,(H,22,25)(H,23,27)(H,24,26)(H,28,29)(H4,19,20,21). The van der Waals surface area contributed by atoms with Crippen LogP contribution in [0.3, 0.4) is 0 Å². The van der Waals surface area contributed by atoms with Crippen LogP contribution in [0.25, 0.3) is 0 Å². The fourth-order valence-corrected chi connectivity index (χ4v) is 2.86. The zero-order chi connectivity index (χ0) is 24.1. The first-order valence-electron chi connectivity index (χ1n) is 9.61. The van der Waals surface area contributed by atoms with Crippen LogP contribution < -0.4 is 33.2 Å². The average molecular weight is 480 g/mol. The van der Waals surface area contributed by atoms with Crippen molar-refractivity contribution in [2.24, 2.45) is 28.1 Å². The topological polar surface area (TPSA) is 215 Å². The third-order valence-electron chi connectivity index (χ3n) is 4.16. The van der Waals surface area contributed by atoms with Gasteiger partial charge in [-0.1, -0.05) is 13.8 Å². The van der Waals surface area contributed by atoms with Gasteiger partial charge in [0.25, 0.3) is 0 Å². The summed E-state index contributed by atoms with van der Waals surface area (Å²) in [5.74, 6) is -3.70. The lowest BCUT2D eigenvalue weighted by Crippen LogP contribution is -2.59. The monoisotopic (exact) mass is 479 g/mol. The van der Waals surface area contributed by atoms with E-state index in [0.29, 0.717) is 19.4 Å². The Balaban J connectivity index is 4.95. The highest BCUT2D eigenvalue weighted by Gasteiger charge is 2.31. The van der Waals surface area contributed by atoms with E-state index < -0.39 is 47.9 Å². The van der Waals surface area contributed by atoms with Crippen LogP contribution in [-0.2, 0) is 19.2 Å². The second-order valence-corrected chi connectivity index (χ2v) is 7.84. The van der Waals surface area contributed by atoms with Crippen molar-refractivity contribution in [2.45, 2.75) is 50.9 Å². The molecule has 0 aliphatic carbocycles. The lowest BCUT2D eigenvalue weighted by atomic mass is 10.0. The molecule has 12 nitrogen and oxygen atoms in total. The molecule has 0 rings (SSSR count). The number of carbonyl (C=O) groups excluding carboxylic acids is 3. The number of aliphatic carboxylic acids is 1. The number of amides is 3. The van der Waals surface area contributed by atoms with Crippen LogP contribution in [0.4, 0.5) is 0 Å². The Morgan fingerprint density at radius 2 is 1.48 bits per heavy atom. The van der Waals surface area contributed by atoms with E-state index in [9.17, 15) is 19.2 Å². The van der Waals surface area contributed by atoms with E-state index in [1.165, 1.54) is 0 Å². The number of hydrogen-bond acceptors (Lipinski definition) is 8. The summed E-state index contributed by atoms with van der Waals surface area (Å²) in [6.07, 6.45) is 0.760. The number of nitrogens with zero attached hydrogens (tertiary/aromatic N) is 1. The van der Waals surface area contributed by atoms with Crippen LogP contribution in [0.1, 0.15) is 26.7 Å². The summed E-state index contributed by atoms with van der Waals surface area (Å²) in [5.41, 5.74) is 16.3. The van der Waals surface area contributed by atoms with Crippen LogP contribution in [0.2, 0.25) is 0 Å². The minimum atomic E-state index is -1.24. The van der Waals surface area contributed by atoms with Gasteiger partial charge in [-0.2, -0.15) is 25.3 Å². The first kappa shape index (κ1) is 28.8. The zero-order valence-electron chi connectivity index (χ0n) is 17.6. The highest BCUT2D eigenvalue weighted by atomic mass is 32.1. The van der Waals surface area contributed by atoms with E-state index in [-0.39, 0.29) is 23.4 Å². The number of carboxylic acid groups (broad SMARTS) is 1. The summed E-state index contributed by atoms with van der Waals surface area (Å²) in [5, 5.41) is 16.4. The van der Waals surface area contributed by atoms with E-state index in [1.807, 2.05) is 0 Å². The number of rotatable bonds is 14. The quantitative estimate of drug-likeness (QED) is 0.0557. The number of carboxylic acids is 1. The molecule has 0 saturated carbocycles. The lowest BCUT2D eigenvalue weighted by Gasteiger charge is -2.26. The van der Waals surface area contributed by atoms with E-state index in [4.69, 9.17) is 22.3 Å². The highest BCUT2D eigenvalue weighted by molar-refractivity contribution is 7.80. The molecule has 4 atom stereocenters. The van der Waals surface area contributed by atoms with Gasteiger partial charge < -0.3 is 38.3 Å². The average Bonchev–Trinajstić information content (AvgIpc) is 2.69. The molecule has 3 amide bonds. The SMILES string of the molecule is CC(C)C(NC(=O)C(CS)NC(=O)C(N)CCCN=C(N)N)C(=O)NC(CS)C(=O)O. The first-order valence-corrected chi connectivity index (χ1v) is 10.9. The van der Waals surface area contributed by atoms with Gasteiger partial charge in [-0.3, -0.25) is 19.4 Å². The van der Waals surface area contributed by atoms with Gasteiger partial charge in [0.15, 0.2) is 5.96 Å². The molecule has 0 fully saturated rings. The molecule has 0 bridgehead atoms. The van der Waals surface area contributed by atoms with Crippen molar-refractivity contribution in [1.29, 1.82) is 0 Å². The summed E-state index contributed by atoms with van der Waals surface area (Å²) in [6, 6.07) is -4.16. The molecule has 0 heterocycles. The van der Waals surface area contributed by atoms with Crippen LogP contribution >= 0.6 is 25.3 Å². The molecule has 10 N–H and O–H groups in total. The third kappa shape index (κ3) is 11.1. The Bertz CT molecular complexity index is 659. The number of aliphatic imine (C=N–C) groups is 1. The van der Waals surface area contributed by atoms with Crippen molar-refractivity contribution in [3.63, 3.8) is 0 Å². The van der Waals surface area contributed by atoms with Gasteiger partial charge in [0.1, 0.15) is 18.1 Å². The Labute approximate surface area is 192 Å². The third-order valence-corrected chi connectivity index (χ3v) is 4.89. The Hall–Kier alpha value is -2.19. The molecular weight excluding hydrogens is 446 g/mol. The van der Waals surface area contributed by atoms with Crippen molar-refractivity contribution in [3.05, 3.63) is 0 Å². The van der Waals surface area contributed by atoms with E-state index in [1.54, 1.807) is 13.8 Å². The van der Waals surface area contributed by atoms with Crippen molar-refractivity contribution in [1.82, 2.24) is 16.0 Å². The highest BCUT2D eigenvalue weighted by Crippen LogP contribution is 2.05. The smallest absolute Gasteiger partial charge is 0.327 e. The fourth-order valence-electron chi connectivity index (χ4n) is 2.36. The summed E-state index contributed by atoms with van der Waals surface area (Å²) in [4.78, 5) is 52.2. The van der Waals surface area contributed by atoms with Crippen molar-refractivity contribution < 1.29 is 24.3 Å². The molecule has 31 heavy (non-hydrogen) atoms. The predicted molar refractivity (Wildman–Crippen MR) is 124 cm³/mol. The molecular formula is C17H33N7O5S2. The summed E-state index contributed by atoms with van der Waals surface area (Å²) < 4.78 is 0. The largest absolute Gasteiger partial charge is 0.480 e. The second-order valence-electron chi connectivity index (χ2n) is 7.11. The minimum absolute atomic E-state index is 0.0425. The van der Waals surface area contributed by atoms with E-state index in [0.717, 1.165) is 0 Å². The van der Waals surface area contributed by atoms with Gasteiger partial charge in [-0.15, -0.1) is 0 Å². The normalized spacial score (nSPS) is 14.6. The number of thiol groups is 2. The molecule has 0 aromatic heterocycles. The second kappa shape index (κ2) is 14.8. The molecule has 178 valence electrons. The number of nitrogens with two attached hydrogens (primary N) is 3. The maximum atomic E-state index is 12.6. The molecule has 0 saturated heterocycles. The van der Waals surface area contributed by atoms with Crippen molar-refractivity contribution in [2.75, 3.05) is 18.1 Å². The summed E-state index contributed by atoms with van der Waals surface area (Å²) in [7, 11) is 0. The van der Waals surface area contributed by atoms with Crippen LogP contribution in [0, 0.1) is 5.92 Å². The number of carbonyl (C=O) groups is 4.